The second-order valence-corrected chi connectivity index (χ2v) is 4.66. The van der Waals surface area contributed by atoms with Crippen LogP contribution >= 0.6 is 0 Å². The second kappa shape index (κ2) is 5.67. The van der Waals surface area contributed by atoms with Gasteiger partial charge < -0.3 is 10.4 Å². The molecular weight excluding hydrogens is 230 g/mol. The van der Waals surface area contributed by atoms with Crippen LogP contribution in [0, 0.1) is 20.8 Å². The summed E-state index contributed by atoms with van der Waals surface area (Å²) in [5.41, 5.74) is 4.05. The fourth-order valence-corrected chi connectivity index (χ4v) is 2.39. The van der Waals surface area contributed by atoms with Crippen molar-refractivity contribution in [3.63, 3.8) is 0 Å². The summed E-state index contributed by atoms with van der Waals surface area (Å²) in [4.78, 5) is 22.1. The zero-order chi connectivity index (χ0) is 13.9. The van der Waals surface area contributed by atoms with Crippen molar-refractivity contribution in [1.82, 2.24) is 5.32 Å². The van der Waals surface area contributed by atoms with Crippen LogP contribution in [0.3, 0.4) is 0 Å². The maximum Gasteiger partial charge on any atom is 0.305 e. The zero-order valence-corrected chi connectivity index (χ0v) is 11.2. The molecule has 0 saturated heterocycles. The molecule has 98 valence electrons. The van der Waals surface area contributed by atoms with Crippen molar-refractivity contribution in [3.05, 3.63) is 34.4 Å². The van der Waals surface area contributed by atoms with E-state index in [4.69, 9.17) is 5.11 Å². The molecule has 0 fully saturated rings. The zero-order valence-electron chi connectivity index (χ0n) is 11.2. The van der Waals surface area contributed by atoms with Crippen LogP contribution in [0.2, 0.25) is 0 Å². The third-order valence-corrected chi connectivity index (χ3v) is 2.84. The minimum absolute atomic E-state index is 0.107. The average Bonchev–Trinajstić information content (AvgIpc) is 2.12. The van der Waals surface area contributed by atoms with Gasteiger partial charge in [0.25, 0.3) is 0 Å². The molecule has 0 aromatic heterocycles. The number of nitrogens with one attached hydrogen (secondary N) is 1. The van der Waals surface area contributed by atoms with Crippen molar-refractivity contribution in [2.45, 2.75) is 40.2 Å². The Kier molecular flexibility index (Phi) is 4.48. The van der Waals surface area contributed by atoms with Crippen LogP contribution in [0.15, 0.2) is 12.1 Å². The predicted octanol–water partition coefficient (Wildman–Crippen LogP) is 2.26. The third-order valence-electron chi connectivity index (χ3n) is 2.84. The highest BCUT2D eigenvalue weighted by Gasteiger charge is 2.20. The topological polar surface area (TPSA) is 66.4 Å². The number of hydrogen-bond acceptors (Lipinski definition) is 2. The van der Waals surface area contributed by atoms with Gasteiger partial charge in [0.15, 0.2) is 0 Å². The molecule has 0 saturated carbocycles. The molecule has 1 atom stereocenters. The number of aliphatic carboxylic acids is 1. The lowest BCUT2D eigenvalue weighted by atomic mass is 9.92. The van der Waals surface area contributed by atoms with Crippen molar-refractivity contribution in [1.29, 1.82) is 0 Å². The number of carbonyl (C=O) groups excluding carboxylic acids is 1. The maximum absolute atomic E-state index is 11.2. The minimum atomic E-state index is -0.923. The molecule has 0 aliphatic heterocycles. The molecule has 0 spiro atoms. The lowest BCUT2D eigenvalue weighted by Gasteiger charge is -2.21. The monoisotopic (exact) mass is 249 g/mol. The lowest BCUT2D eigenvalue weighted by Crippen LogP contribution is -2.29. The van der Waals surface area contributed by atoms with Gasteiger partial charge in [0.05, 0.1) is 12.5 Å². The Bertz CT molecular complexity index is 441. The van der Waals surface area contributed by atoms with Crippen molar-refractivity contribution in [2.24, 2.45) is 0 Å². The molecule has 0 aliphatic rings. The Hall–Kier alpha value is -1.84. The fourth-order valence-electron chi connectivity index (χ4n) is 2.39. The normalized spacial score (nSPS) is 12.0. The first-order chi connectivity index (χ1) is 8.31. The molecule has 0 bridgehead atoms. The second-order valence-electron chi connectivity index (χ2n) is 4.66. The Morgan fingerprint density at radius 3 is 2.11 bits per heavy atom. The molecule has 4 heteroatoms. The average molecular weight is 249 g/mol. The van der Waals surface area contributed by atoms with E-state index in [0.717, 1.165) is 22.3 Å². The van der Waals surface area contributed by atoms with Gasteiger partial charge in [0.2, 0.25) is 5.91 Å². The summed E-state index contributed by atoms with van der Waals surface area (Å²) in [7, 11) is 0. The predicted molar refractivity (Wildman–Crippen MR) is 69.5 cm³/mol. The molecule has 1 amide bonds. The van der Waals surface area contributed by atoms with Gasteiger partial charge >= 0.3 is 5.97 Å². The molecule has 1 rings (SSSR count). The summed E-state index contributed by atoms with van der Waals surface area (Å²) < 4.78 is 0. The summed E-state index contributed by atoms with van der Waals surface area (Å²) in [5.74, 6) is -1.14. The van der Waals surface area contributed by atoms with Crippen LogP contribution in [-0.2, 0) is 9.59 Å². The molecule has 4 nitrogen and oxygen atoms in total. The van der Waals surface area contributed by atoms with Crippen molar-refractivity contribution >= 4 is 11.9 Å². The van der Waals surface area contributed by atoms with Crippen LogP contribution in [0.1, 0.15) is 41.6 Å². The van der Waals surface area contributed by atoms with E-state index in [-0.39, 0.29) is 12.3 Å². The van der Waals surface area contributed by atoms with Gasteiger partial charge in [-0.25, -0.2) is 0 Å². The van der Waals surface area contributed by atoms with Crippen LogP contribution in [0.5, 0.6) is 0 Å². The number of amides is 1. The van der Waals surface area contributed by atoms with Gasteiger partial charge in [0.1, 0.15) is 0 Å². The van der Waals surface area contributed by atoms with E-state index in [1.54, 1.807) is 0 Å². The van der Waals surface area contributed by atoms with Crippen LogP contribution in [-0.4, -0.2) is 17.0 Å². The largest absolute Gasteiger partial charge is 0.481 e. The number of hydrogen-bond donors (Lipinski definition) is 2. The summed E-state index contributed by atoms with van der Waals surface area (Å²) in [6.45, 7) is 7.26. The van der Waals surface area contributed by atoms with Gasteiger partial charge in [-0.15, -0.1) is 0 Å². The molecular formula is C14H19NO3. The van der Waals surface area contributed by atoms with Gasteiger partial charge in [-0.2, -0.15) is 0 Å². The van der Waals surface area contributed by atoms with E-state index in [1.165, 1.54) is 6.92 Å². The Morgan fingerprint density at radius 1 is 1.22 bits per heavy atom. The fraction of sp³-hybridized carbons (Fsp3) is 0.429. The van der Waals surface area contributed by atoms with Crippen LogP contribution in [0.4, 0.5) is 0 Å². The summed E-state index contributed by atoms with van der Waals surface area (Å²) in [5, 5.41) is 11.7. The highest BCUT2D eigenvalue weighted by atomic mass is 16.4. The van der Waals surface area contributed by atoms with Crippen LogP contribution in [0.25, 0.3) is 0 Å². The summed E-state index contributed by atoms with van der Waals surface area (Å²) in [6, 6.07) is 3.53. The van der Waals surface area contributed by atoms with Gasteiger partial charge in [-0.3, -0.25) is 9.59 Å². The standard InChI is InChI=1S/C14H19NO3/c1-8-5-9(2)14(10(3)6-8)12(7-13(17)18)15-11(4)16/h5-6,12H,7H2,1-4H3,(H,15,16)(H,17,18). The molecule has 1 unspecified atom stereocenters. The molecule has 2 N–H and O–H groups in total. The van der Waals surface area contributed by atoms with E-state index in [2.05, 4.69) is 5.32 Å². The van der Waals surface area contributed by atoms with Gasteiger partial charge in [-0.05, 0) is 37.5 Å². The third kappa shape index (κ3) is 3.58. The van der Waals surface area contributed by atoms with Crippen LogP contribution < -0.4 is 5.32 Å². The van der Waals surface area contributed by atoms with Gasteiger partial charge in [0, 0.05) is 6.92 Å². The highest BCUT2D eigenvalue weighted by Crippen LogP contribution is 2.26. The van der Waals surface area contributed by atoms with E-state index in [1.807, 2.05) is 32.9 Å². The van der Waals surface area contributed by atoms with Gasteiger partial charge in [-0.1, -0.05) is 17.7 Å². The Balaban J connectivity index is 3.19. The lowest BCUT2D eigenvalue weighted by molar-refractivity contribution is -0.137. The van der Waals surface area contributed by atoms with Crippen molar-refractivity contribution in [3.8, 4) is 0 Å². The highest BCUT2D eigenvalue weighted by molar-refractivity contribution is 5.75. The first-order valence-electron chi connectivity index (χ1n) is 5.88. The summed E-state index contributed by atoms with van der Waals surface area (Å²) in [6.07, 6.45) is -0.107. The molecule has 1 aromatic carbocycles. The van der Waals surface area contributed by atoms with E-state index < -0.39 is 12.0 Å². The molecule has 0 aliphatic carbocycles. The number of carbonyl (C=O) groups is 2. The number of carboxylic acids is 1. The molecule has 0 radical (unpaired) electrons. The maximum atomic E-state index is 11.2. The number of rotatable bonds is 4. The smallest absolute Gasteiger partial charge is 0.305 e. The number of benzene rings is 1. The van der Waals surface area contributed by atoms with Crippen molar-refractivity contribution < 1.29 is 14.7 Å². The minimum Gasteiger partial charge on any atom is -0.481 e. The van der Waals surface area contributed by atoms with E-state index in [0.29, 0.717) is 0 Å². The Morgan fingerprint density at radius 2 is 1.72 bits per heavy atom. The van der Waals surface area contributed by atoms with Crippen molar-refractivity contribution in [2.75, 3.05) is 0 Å². The molecule has 18 heavy (non-hydrogen) atoms. The SMILES string of the molecule is CC(=O)NC(CC(=O)O)c1c(C)cc(C)cc1C. The summed E-state index contributed by atoms with van der Waals surface area (Å²) >= 11 is 0. The quantitative estimate of drug-likeness (QED) is 0.860. The molecule has 1 aromatic rings. The number of aryl methyl sites for hydroxylation is 3. The first kappa shape index (κ1) is 14.2. The first-order valence-corrected chi connectivity index (χ1v) is 5.88. The molecule has 0 heterocycles. The Labute approximate surface area is 107 Å². The number of carboxylic acid groups (broad SMARTS) is 1. The van der Waals surface area contributed by atoms with E-state index >= 15 is 0 Å². The van der Waals surface area contributed by atoms with E-state index in [9.17, 15) is 9.59 Å².